The summed E-state index contributed by atoms with van der Waals surface area (Å²) < 4.78 is 10.4. The minimum Gasteiger partial charge on any atom is -0.469 e. The Bertz CT molecular complexity index is 856. The Morgan fingerprint density at radius 1 is 1.07 bits per heavy atom. The summed E-state index contributed by atoms with van der Waals surface area (Å²) in [6.45, 7) is 8.12. The number of para-hydroxylation sites is 1. The number of anilines is 1. The van der Waals surface area contributed by atoms with E-state index in [0.29, 0.717) is 50.5 Å². The molecule has 1 aromatic heterocycles. The Hall–Kier alpha value is -2.80. The van der Waals surface area contributed by atoms with Gasteiger partial charge < -0.3 is 23.9 Å². The average Bonchev–Trinajstić information content (AvgIpc) is 3.19. The first-order valence-electron chi connectivity index (χ1n) is 10.4. The first kappa shape index (κ1) is 21.9. The molecule has 1 aromatic carbocycles. The van der Waals surface area contributed by atoms with E-state index in [9.17, 15) is 9.59 Å². The molecule has 0 saturated carbocycles. The van der Waals surface area contributed by atoms with Crippen LogP contribution in [0.3, 0.4) is 0 Å². The number of carbonyl (C=O) groups excluding carboxylic acids is 2. The minimum atomic E-state index is -0.129. The first-order chi connectivity index (χ1) is 14.5. The highest BCUT2D eigenvalue weighted by atomic mass is 16.5. The Morgan fingerprint density at radius 2 is 1.80 bits per heavy atom. The molecular weight excluding hydrogens is 382 g/mol. The maximum atomic E-state index is 12.8. The van der Waals surface area contributed by atoms with Gasteiger partial charge in [0.05, 0.1) is 18.4 Å². The lowest BCUT2D eigenvalue weighted by Gasteiger charge is -2.37. The highest BCUT2D eigenvalue weighted by Crippen LogP contribution is 2.21. The molecule has 2 amide bonds. The molecule has 0 radical (unpaired) electrons. The summed E-state index contributed by atoms with van der Waals surface area (Å²) in [5.74, 6) is 0.537. The molecule has 7 nitrogen and oxygen atoms in total. The third-order valence-corrected chi connectivity index (χ3v) is 5.63. The topological polar surface area (TPSA) is 66.2 Å². The molecular formula is C23H31N3O4. The number of hydrogen-bond donors (Lipinski definition) is 0. The number of nitrogens with zero attached hydrogens (tertiary/aromatic N) is 3. The summed E-state index contributed by atoms with van der Waals surface area (Å²) in [6.07, 6.45) is 1.81. The summed E-state index contributed by atoms with van der Waals surface area (Å²) in [5.41, 5.74) is 3.01. The molecule has 1 saturated heterocycles. The molecule has 0 aliphatic carbocycles. The molecule has 0 atom stereocenters. The Labute approximate surface area is 178 Å². The van der Waals surface area contributed by atoms with Gasteiger partial charge in [-0.05, 0) is 31.5 Å². The smallest absolute Gasteiger partial charge is 0.257 e. The number of hydrogen-bond acceptors (Lipinski definition) is 5. The number of amides is 2. The van der Waals surface area contributed by atoms with Crippen LogP contribution in [0.25, 0.3) is 0 Å². The number of furan rings is 1. The predicted octanol–water partition coefficient (Wildman–Crippen LogP) is 2.72. The summed E-state index contributed by atoms with van der Waals surface area (Å²) in [4.78, 5) is 31.5. The lowest BCUT2D eigenvalue weighted by atomic mass is 10.1. The largest absolute Gasteiger partial charge is 0.469 e. The van der Waals surface area contributed by atoms with Gasteiger partial charge >= 0.3 is 0 Å². The van der Waals surface area contributed by atoms with Crippen LogP contribution in [-0.2, 0) is 9.53 Å². The van der Waals surface area contributed by atoms with Crippen molar-refractivity contribution in [3.63, 3.8) is 0 Å². The van der Waals surface area contributed by atoms with Crippen molar-refractivity contribution in [1.29, 1.82) is 0 Å². The van der Waals surface area contributed by atoms with E-state index in [2.05, 4.69) is 24.0 Å². The fraction of sp³-hybridized carbons (Fsp3) is 0.478. The zero-order chi connectivity index (χ0) is 21.5. The lowest BCUT2D eigenvalue weighted by Crippen LogP contribution is -2.49. The van der Waals surface area contributed by atoms with Gasteiger partial charge in [0, 0.05) is 58.5 Å². The number of carbonyl (C=O) groups is 2. The molecule has 2 heterocycles. The maximum absolute atomic E-state index is 12.8. The molecule has 0 spiro atoms. The number of ether oxygens (including phenoxy) is 1. The van der Waals surface area contributed by atoms with Crippen LogP contribution in [0.1, 0.15) is 28.1 Å². The molecule has 0 unspecified atom stereocenters. The van der Waals surface area contributed by atoms with Gasteiger partial charge in [-0.1, -0.05) is 18.2 Å². The molecule has 162 valence electrons. The van der Waals surface area contributed by atoms with Gasteiger partial charge in [-0.25, -0.2) is 0 Å². The standard InChI is InChI=1S/C23H31N3O4/c1-18-6-4-5-7-21(18)24-11-13-25(14-12-24)22(27)8-10-26(15-17-29-3)23(28)20-9-16-30-19(20)2/h4-7,9,16H,8,10-15,17H2,1-3H3. The Morgan fingerprint density at radius 3 is 2.43 bits per heavy atom. The van der Waals surface area contributed by atoms with E-state index in [4.69, 9.17) is 9.15 Å². The predicted molar refractivity (Wildman–Crippen MR) is 116 cm³/mol. The SMILES string of the molecule is COCCN(CCC(=O)N1CCN(c2ccccc2C)CC1)C(=O)c1ccoc1C. The van der Waals surface area contributed by atoms with E-state index < -0.39 is 0 Å². The molecule has 1 aliphatic rings. The van der Waals surface area contributed by atoms with Crippen molar-refractivity contribution >= 4 is 17.5 Å². The number of benzene rings is 1. The van der Waals surface area contributed by atoms with Gasteiger partial charge in [0.25, 0.3) is 5.91 Å². The first-order valence-corrected chi connectivity index (χ1v) is 10.4. The van der Waals surface area contributed by atoms with E-state index in [1.165, 1.54) is 17.5 Å². The highest BCUT2D eigenvalue weighted by Gasteiger charge is 2.24. The third kappa shape index (κ3) is 5.21. The molecule has 3 rings (SSSR count). The third-order valence-electron chi connectivity index (χ3n) is 5.63. The van der Waals surface area contributed by atoms with Crippen LogP contribution in [0.2, 0.25) is 0 Å². The van der Waals surface area contributed by atoms with Crippen LogP contribution in [0.4, 0.5) is 5.69 Å². The van der Waals surface area contributed by atoms with Gasteiger partial charge in [0.1, 0.15) is 5.76 Å². The zero-order valence-electron chi connectivity index (χ0n) is 18.1. The Balaban J connectivity index is 1.54. The van der Waals surface area contributed by atoms with Crippen LogP contribution in [0.15, 0.2) is 41.0 Å². The molecule has 1 aliphatic heterocycles. The molecule has 2 aromatic rings. The van der Waals surface area contributed by atoms with Gasteiger partial charge in [0.15, 0.2) is 0 Å². The van der Waals surface area contributed by atoms with Gasteiger partial charge in [0.2, 0.25) is 5.91 Å². The van der Waals surface area contributed by atoms with Crippen molar-refractivity contribution in [2.75, 3.05) is 57.9 Å². The van der Waals surface area contributed by atoms with E-state index in [-0.39, 0.29) is 11.8 Å². The normalized spacial score (nSPS) is 14.1. The molecule has 0 bridgehead atoms. The quantitative estimate of drug-likeness (QED) is 0.666. The summed E-state index contributed by atoms with van der Waals surface area (Å²) in [7, 11) is 1.60. The molecule has 0 N–H and O–H groups in total. The van der Waals surface area contributed by atoms with Gasteiger partial charge in [-0.2, -0.15) is 0 Å². The number of methoxy groups -OCH3 is 1. The fourth-order valence-corrected chi connectivity index (χ4v) is 3.80. The van der Waals surface area contributed by atoms with Crippen molar-refractivity contribution in [2.24, 2.45) is 0 Å². The highest BCUT2D eigenvalue weighted by molar-refractivity contribution is 5.95. The van der Waals surface area contributed by atoms with Crippen LogP contribution in [0, 0.1) is 13.8 Å². The lowest BCUT2D eigenvalue weighted by molar-refractivity contribution is -0.131. The number of aryl methyl sites for hydroxylation is 2. The van der Waals surface area contributed by atoms with Crippen molar-refractivity contribution < 1.29 is 18.7 Å². The number of rotatable bonds is 8. The molecule has 30 heavy (non-hydrogen) atoms. The number of piperazine rings is 1. The van der Waals surface area contributed by atoms with Crippen LogP contribution in [-0.4, -0.2) is 74.6 Å². The fourth-order valence-electron chi connectivity index (χ4n) is 3.80. The van der Waals surface area contributed by atoms with E-state index in [0.717, 1.165) is 13.1 Å². The van der Waals surface area contributed by atoms with Crippen LogP contribution >= 0.6 is 0 Å². The summed E-state index contributed by atoms with van der Waals surface area (Å²) in [6, 6.07) is 10.0. The van der Waals surface area contributed by atoms with E-state index >= 15 is 0 Å². The van der Waals surface area contributed by atoms with Crippen molar-refractivity contribution in [2.45, 2.75) is 20.3 Å². The second kappa shape index (κ2) is 10.3. The van der Waals surface area contributed by atoms with Crippen LogP contribution in [0.5, 0.6) is 0 Å². The monoisotopic (exact) mass is 413 g/mol. The summed E-state index contributed by atoms with van der Waals surface area (Å²) in [5, 5.41) is 0. The van der Waals surface area contributed by atoms with E-state index in [1.807, 2.05) is 17.0 Å². The minimum absolute atomic E-state index is 0.0820. The van der Waals surface area contributed by atoms with Crippen molar-refractivity contribution in [3.8, 4) is 0 Å². The summed E-state index contributed by atoms with van der Waals surface area (Å²) >= 11 is 0. The second-order valence-corrected chi connectivity index (χ2v) is 7.58. The van der Waals surface area contributed by atoms with E-state index in [1.54, 1.807) is 25.0 Å². The van der Waals surface area contributed by atoms with Crippen molar-refractivity contribution in [3.05, 3.63) is 53.5 Å². The zero-order valence-corrected chi connectivity index (χ0v) is 18.1. The average molecular weight is 414 g/mol. The Kier molecular flexibility index (Phi) is 7.52. The maximum Gasteiger partial charge on any atom is 0.257 e. The second-order valence-electron chi connectivity index (χ2n) is 7.58. The molecule has 1 fully saturated rings. The van der Waals surface area contributed by atoms with Gasteiger partial charge in [-0.15, -0.1) is 0 Å². The molecule has 7 heteroatoms. The van der Waals surface area contributed by atoms with Gasteiger partial charge in [-0.3, -0.25) is 9.59 Å². The van der Waals surface area contributed by atoms with Crippen molar-refractivity contribution in [1.82, 2.24) is 9.80 Å². The van der Waals surface area contributed by atoms with Crippen LogP contribution < -0.4 is 4.90 Å².